The molecule has 1 heterocycles. The van der Waals surface area contributed by atoms with E-state index >= 15 is 0 Å². The van der Waals surface area contributed by atoms with Crippen LogP contribution in [-0.4, -0.2) is 29.4 Å². The van der Waals surface area contributed by atoms with Crippen LogP contribution in [0.3, 0.4) is 0 Å². The molecule has 1 aliphatic heterocycles. The number of benzene rings is 3. The summed E-state index contributed by atoms with van der Waals surface area (Å²) < 4.78 is 16.3. The molecule has 0 spiro atoms. The maximum absolute atomic E-state index is 12.5. The van der Waals surface area contributed by atoms with Crippen LogP contribution in [0.15, 0.2) is 71.4 Å². The van der Waals surface area contributed by atoms with Gasteiger partial charge in [-0.3, -0.25) is 10.1 Å². The molecule has 0 unspecified atom stereocenters. The zero-order valence-electron chi connectivity index (χ0n) is 18.6. The van der Waals surface area contributed by atoms with E-state index < -0.39 is 16.9 Å². The van der Waals surface area contributed by atoms with E-state index in [0.717, 1.165) is 6.07 Å². The number of aliphatic imine (C=N–C) groups is 1. The molecule has 36 heavy (non-hydrogen) atoms. The number of nitrogens with zero attached hydrogens (tertiary/aromatic N) is 2. The zero-order chi connectivity index (χ0) is 25.8. The summed E-state index contributed by atoms with van der Waals surface area (Å²) in [7, 11) is 0. The molecular weight excluding hydrogens is 511 g/mol. The minimum absolute atomic E-state index is 0.0242. The van der Waals surface area contributed by atoms with E-state index in [9.17, 15) is 19.7 Å². The van der Waals surface area contributed by atoms with Gasteiger partial charge in [-0.1, -0.05) is 41.4 Å². The van der Waals surface area contributed by atoms with E-state index in [2.05, 4.69) is 4.99 Å². The maximum Gasteiger partial charge on any atom is 0.363 e. The quantitative estimate of drug-likeness (QED) is 0.124. The minimum atomic E-state index is -0.791. The molecule has 9 nitrogen and oxygen atoms in total. The van der Waals surface area contributed by atoms with Crippen molar-refractivity contribution >= 4 is 52.8 Å². The highest BCUT2D eigenvalue weighted by Gasteiger charge is 2.27. The number of non-ortho nitro benzene ring substituents is 1. The Bertz CT molecular complexity index is 1440. The number of halogens is 2. The number of nitro groups is 1. The standard InChI is InChI=1S/C25H16Cl2N2O7/c1-2-34-21-12-14(10-19(27)22(21)35-24(30)15-6-4-3-5-7-15)11-20-25(31)36-23(28-20)17-13-16(29(32)33)8-9-18(17)26/h3-13H,2H2,1H3/b20-11-. The van der Waals surface area contributed by atoms with Crippen LogP contribution in [-0.2, 0) is 9.53 Å². The normalized spacial score (nSPS) is 13.8. The number of esters is 2. The van der Waals surface area contributed by atoms with Gasteiger partial charge in [0.1, 0.15) is 0 Å². The van der Waals surface area contributed by atoms with Crippen molar-refractivity contribution in [3.63, 3.8) is 0 Å². The summed E-state index contributed by atoms with van der Waals surface area (Å²) in [6, 6.07) is 15.1. The fourth-order valence-corrected chi connectivity index (χ4v) is 3.69. The molecule has 0 aliphatic carbocycles. The van der Waals surface area contributed by atoms with Gasteiger partial charge in [0.2, 0.25) is 5.90 Å². The van der Waals surface area contributed by atoms with Gasteiger partial charge in [0, 0.05) is 12.1 Å². The molecule has 0 fully saturated rings. The number of ether oxygens (including phenoxy) is 3. The first-order valence-electron chi connectivity index (χ1n) is 10.5. The molecule has 0 atom stereocenters. The summed E-state index contributed by atoms with van der Waals surface area (Å²) >= 11 is 12.5. The van der Waals surface area contributed by atoms with Crippen LogP contribution in [0.1, 0.15) is 28.4 Å². The van der Waals surface area contributed by atoms with Gasteiger partial charge in [0.15, 0.2) is 17.2 Å². The lowest BCUT2D eigenvalue weighted by Crippen LogP contribution is -2.10. The Labute approximate surface area is 214 Å². The summed E-state index contributed by atoms with van der Waals surface area (Å²) in [6.45, 7) is 2.00. The van der Waals surface area contributed by atoms with Crippen molar-refractivity contribution in [2.24, 2.45) is 4.99 Å². The number of rotatable bonds is 7. The number of cyclic esters (lactones) is 1. The van der Waals surface area contributed by atoms with Crippen molar-refractivity contribution < 1.29 is 28.7 Å². The van der Waals surface area contributed by atoms with Crippen molar-refractivity contribution in [1.29, 1.82) is 0 Å². The van der Waals surface area contributed by atoms with Crippen LogP contribution in [0.25, 0.3) is 6.08 Å². The zero-order valence-corrected chi connectivity index (χ0v) is 20.1. The summed E-state index contributed by atoms with van der Waals surface area (Å²) in [5, 5.41) is 11.3. The van der Waals surface area contributed by atoms with Gasteiger partial charge in [-0.2, -0.15) is 0 Å². The van der Waals surface area contributed by atoms with Gasteiger partial charge in [0.25, 0.3) is 5.69 Å². The number of hydrogen-bond acceptors (Lipinski definition) is 8. The Morgan fingerprint density at radius 3 is 2.56 bits per heavy atom. The third-order valence-corrected chi connectivity index (χ3v) is 5.46. The van der Waals surface area contributed by atoms with Gasteiger partial charge >= 0.3 is 11.9 Å². The fraction of sp³-hybridized carbons (Fsp3) is 0.0800. The Kier molecular flexibility index (Phi) is 7.33. The van der Waals surface area contributed by atoms with Gasteiger partial charge in [-0.25, -0.2) is 14.6 Å². The maximum atomic E-state index is 12.5. The molecule has 182 valence electrons. The molecule has 0 radical (unpaired) electrons. The Hall–Kier alpha value is -4.21. The number of carbonyl (C=O) groups excluding carboxylic acids is 2. The first-order chi connectivity index (χ1) is 17.3. The lowest BCUT2D eigenvalue weighted by Gasteiger charge is -2.13. The van der Waals surface area contributed by atoms with E-state index in [1.54, 1.807) is 37.3 Å². The lowest BCUT2D eigenvalue weighted by molar-refractivity contribution is -0.384. The average molecular weight is 527 g/mol. The molecule has 0 saturated carbocycles. The molecule has 0 bridgehead atoms. The van der Waals surface area contributed by atoms with Gasteiger partial charge in [0.05, 0.1) is 32.7 Å². The molecule has 0 aromatic heterocycles. The van der Waals surface area contributed by atoms with Crippen molar-refractivity contribution in [2.75, 3.05) is 6.61 Å². The number of hydrogen-bond donors (Lipinski definition) is 0. The van der Waals surface area contributed by atoms with E-state index in [-0.39, 0.29) is 51.0 Å². The first-order valence-corrected chi connectivity index (χ1v) is 11.2. The highest BCUT2D eigenvalue weighted by molar-refractivity contribution is 6.34. The average Bonchev–Trinajstić information content (AvgIpc) is 3.21. The monoisotopic (exact) mass is 526 g/mol. The lowest BCUT2D eigenvalue weighted by atomic mass is 10.1. The molecule has 0 saturated heterocycles. The van der Waals surface area contributed by atoms with Crippen molar-refractivity contribution in [3.05, 3.63) is 103 Å². The predicted molar refractivity (Wildman–Crippen MR) is 133 cm³/mol. The minimum Gasteiger partial charge on any atom is -0.490 e. The highest BCUT2D eigenvalue weighted by atomic mass is 35.5. The summed E-state index contributed by atoms with van der Waals surface area (Å²) in [5.41, 5.74) is 0.501. The van der Waals surface area contributed by atoms with Crippen molar-refractivity contribution in [2.45, 2.75) is 6.92 Å². The second kappa shape index (κ2) is 10.6. The predicted octanol–water partition coefficient (Wildman–Crippen LogP) is 5.86. The van der Waals surface area contributed by atoms with E-state index in [1.165, 1.54) is 30.3 Å². The van der Waals surface area contributed by atoms with E-state index in [1.807, 2.05) is 0 Å². The molecule has 4 rings (SSSR count). The van der Waals surface area contributed by atoms with Crippen LogP contribution in [0.4, 0.5) is 5.69 Å². The Morgan fingerprint density at radius 1 is 1.11 bits per heavy atom. The molecular formula is C25H16Cl2N2O7. The van der Waals surface area contributed by atoms with Crippen molar-refractivity contribution in [1.82, 2.24) is 0 Å². The van der Waals surface area contributed by atoms with Crippen LogP contribution in [0.5, 0.6) is 11.5 Å². The number of carbonyl (C=O) groups is 2. The molecule has 1 aliphatic rings. The van der Waals surface area contributed by atoms with Gasteiger partial charge < -0.3 is 14.2 Å². The fourth-order valence-electron chi connectivity index (χ4n) is 3.23. The molecule has 0 N–H and O–H groups in total. The summed E-state index contributed by atoms with van der Waals surface area (Å²) in [5.74, 6) is -1.38. The molecule has 11 heteroatoms. The Morgan fingerprint density at radius 2 is 1.86 bits per heavy atom. The molecule has 0 amide bonds. The second-order valence-corrected chi connectivity index (χ2v) is 8.09. The number of nitro benzene ring substituents is 1. The SMILES string of the molecule is CCOc1cc(/C=C2\N=C(c3cc([N+](=O)[O-])ccc3Cl)OC2=O)cc(Cl)c1OC(=O)c1ccccc1. The largest absolute Gasteiger partial charge is 0.490 e. The van der Waals surface area contributed by atoms with E-state index in [0.29, 0.717) is 11.1 Å². The molecule has 3 aromatic rings. The van der Waals surface area contributed by atoms with E-state index in [4.69, 9.17) is 37.4 Å². The summed E-state index contributed by atoms with van der Waals surface area (Å²) in [4.78, 5) is 39.6. The van der Waals surface area contributed by atoms with Gasteiger partial charge in [-0.05, 0) is 48.9 Å². The van der Waals surface area contributed by atoms with Crippen LogP contribution >= 0.6 is 23.2 Å². The third-order valence-electron chi connectivity index (χ3n) is 4.85. The first kappa shape index (κ1) is 24.9. The van der Waals surface area contributed by atoms with Gasteiger partial charge in [-0.15, -0.1) is 0 Å². The molecule has 3 aromatic carbocycles. The van der Waals surface area contributed by atoms with Crippen LogP contribution in [0, 0.1) is 10.1 Å². The summed E-state index contributed by atoms with van der Waals surface area (Å²) in [6.07, 6.45) is 1.39. The topological polar surface area (TPSA) is 117 Å². The Balaban J connectivity index is 1.67. The smallest absolute Gasteiger partial charge is 0.363 e. The second-order valence-electron chi connectivity index (χ2n) is 7.28. The van der Waals surface area contributed by atoms with Crippen LogP contribution in [0.2, 0.25) is 10.0 Å². The van der Waals surface area contributed by atoms with Crippen LogP contribution < -0.4 is 9.47 Å². The van der Waals surface area contributed by atoms with Crippen molar-refractivity contribution in [3.8, 4) is 11.5 Å². The highest BCUT2D eigenvalue weighted by Crippen LogP contribution is 2.38. The third kappa shape index (κ3) is 5.37.